The van der Waals surface area contributed by atoms with Gasteiger partial charge in [0.2, 0.25) is 5.91 Å². The van der Waals surface area contributed by atoms with Gasteiger partial charge in [-0.15, -0.1) is 0 Å². The number of rotatable bonds is 2. The van der Waals surface area contributed by atoms with Gasteiger partial charge in [0.05, 0.1) is 23.3 Å². The minimum atomic E-state index is -0.562. The molecule has 33 heavy (non-hydrogen) atoms. The first-order valence-electron chi connectivity index (χ1n) is 10.8. The number of allylic oxidation sites excluding steroid dienone is 1. The molecular weight excluding hydrogens is 439 g/mol. The highest BCUT2D eigenvalue weighted by molar-refractivity contribution is 6.30. The number of anilines is 1. The average molecular weight is 461 g/mol. The van der Waals surface area contributed by atoms with Crippen LogP contribution in [0.4, 0.5) is 15.8 Å². The summed E-state index contributed by atoms with van der Waals surface area (Å²) in [6.07, 6.45) is 2.41. The highest BCUT2D eigenvalue weighted by Gasteiger charge is 2.43. The molecule has 0 fully saturated rings. The number of benzene rings is 3. The second kappa shape index (κ2) is 8.49. The number of aliphatic hydroxyl groups is 1. The van der Waals surface area contributed by atoms with E-state index in [-0.39, 0.29) is 23.4 Å². The van der Waals surface area contributed by atoms with E-state index in [2.05, 4.69) is 0 Å². The van der Waals surface area contributed by atoms with Crippen molar-refractivity contribution in [3.63, 3.8) is 0 Å². The van der Waals surface area contributed by atoms with Gasteiger partial charge in [-0.25, -0.2) is 4.39 Å². The van der Waals surface area contributed by atoms with E-state index in [1.807, 2.05) is 54.6 Å². The molecule has 3 aromatic carbocycles. The molecule has 0 saturated carbocycles. The number of carbonyl (C=O) groups is 1. The lowest BCUT2D eigenvalue weighted by Crippen LogP contribution is -2.41. The van der Waals surface area contributed by atoms with Gasteiger partial charge in [-0.3, -0.25) is 9.79 Å². The van der Waals surface area contributed by atoms with Crippen LogP contribution < -0.4 is 4.90 Å². The molecule has 1 heterocycles. The van der Waals surface area contributed by atoms with Crippen LogP contribution in [0.1, 0.15) is 36.4 Å². The monoisotopic (exact) mass is 460 g/mol. The van der Waals surface area contributed by atoms with Crippen LogP contribution in [0.2, 0.25) is 5.02 Å². The van der Waals surface area contributed by atoms with Crippen molar-refractivity contribution >= 4 is 34.6 Å². The van der Waals surface area contributed by atoms with E-state index in [4.69, 9.17) is 16.6 Å². The Bertz CT molecular complexity index is 1270. The van der Waals surface area contributed by atoms with Gasteiger partial charge in [-0.2, -0.15) is 0 Å². The number of nitrogens with zero attached hydrogens (tertiary/aromatic N) is 2. The Morgan fingerprint density at radius 3 is 2.39 bits per heavy atom. The molecule has 1 N–H and O–H groups in total. The molecule has 4 nitrogen and oxygen atoms in total. The third-order valence-electron chi connectivity index (χ3n) is 6.33. The molecule has 3 atom stereocenters. The van der Waals surface area contributed by atoms with Crippen molar-refractivity contribution in [2.75, 3.05) is 4.90 Å². The first-order valence-corrected chi connectivity index (χ1v) is 11.2. The molecule has 0 radical (unpaired) electrons. The summed E-state index contributed by atoms with van der Waals surface area (Å²) in [6, 6.07) is 20.5. The van der Waals surface area contributed by atoms with E-state index in [0.29, 0.717) is 22.8 Å². The largest absolute Gasteiger partial charge is 0.512 e. The van der Waals surface area contributed by atoms with Crippen LogP contribution >= 0.6 is 11.6 Å². The summed E-state index contributed by atoms with van der Waals surface area (Å²) in [4.78, 5) is 19.6. The van der Waals surface area contributed by atoms with Crippen LogP contribution in [0.15, 0.2) is 89.6 Å². The molecule has 1 aliphatic heterocycles. The van der Waals surface area contributed by atoms with Gasteiger partial charge in [-0.05, 0) is 60.0 Å². The van der Waals surface area contributed by atoms with Crippen LogP contribution in [0.3, 0.4) is 0 Å². The lowest BCUT2D eigenvalue weighted by Gasteiger charge is -2.38. The summed E-state index contributed by atoms with van der Waals surface area (Å²) in [7, 11) is 0. The number of hydrogen-bond donors (Lipinski definition) is 1. The molecule has 166 valence electrons. The zero-order valence-electron chi connectivity index (χ0n) is 18.0. The van der Waals surface area contributed by atoms with Crippen LogP contribution in [0, 0.1) is 11.7 Å². The molecule has 1 aliphatic carbocycles. The number of carbonyl (C=O) groups excluding carboxylic acids is 1. The molecule has 0 saturated heterocycles. The van der Waals surface area contributed by atoms with Crippen molar-refractivity contribution in [1.82, 2.24) is 0 Å². The van der Waals surface area contributed by atoms with E-state index >= 15 is 0 Å². The minimum absolute atomic E-state index is 0.0813. The van der Waals surface area contributed by atoms with Crippen LogP contribution in [0.5, 0.6) is 0 Å². The first kappa shape index (κ1) is 21.4. The zero-order valence-corrected chi connectivity index (χ0v) is 18.7. The maximum Gasteiger partial charge on any atom is 0.224 e. The van der Waals surface area contributed by atoms with Crippen LogP contribution in [-0.2, 0) is 4.79 Å². The Kier molecular flexibility index (Phi) is 5.51. The van der Waals surface area contributed by atoms with Crippen LogP contribution in [-0.4, -0.2) is 16.7 Å². The van der Waals surface area contributed by atoms with Crippen molar-refractivity contribution in [1.29, 1.82) is 0 Å². The van der Waals surface area contributed by atoms with Gasteiger partial charge < -0.3 is 10.0 Å². The number of amides is 1. The fraction of sp³-hybridized carbons (Fsp3) is 0.185. The van der Waals surface area contributed by atoms with E-state index in [1.54, 1.807) is 17.0 Å². The van der Waals surface area contributed by atoms with E-state index in [9.17, 15) is 14.3 Å². The molecule has 0 spiro atoms. The standard InChI is InChI=1S/C27H22ClFN2O2/c1-16(32)31-24-5-3-2-4-22(24)30-23-14-19(17-6-10-20(28)11-7-17)15-25(33)26(23)27(31)18-8-12-21(29)13-9-18/h2-13,15,19,26-27,33H,14H2,1H3. The quantitative estimate of drug-likeness (QED) is 0.452. The summed E-state index contributed by atoms with van der Waals surface area (Å²) >= 11 is 6.06. The molecule has 3 unspecified atom stereocenters. The van der Waals surface area contributed by atoms with Crippen molar-refractivity contribution in [2.24, 2.45) is 10.9 Å². The summed E-state index contributed by atoms with van der Waals surface area (Å²) < 4.78 is 13.7. The Balaban J connectivity index is 1.70. The second-order valence-corrected chi connectivity index (χ2v) is 8.85. The fourth-order valence-electron chi connectivity index (χ4n) is 4.86. The minimum Gasteiger partial charge on any atom is -0.512 e. The van der Waals surface area contributed by atoms with E-state index in [1.165, 1.54) is 19.1 Å². The Hall–Kier alpha value is -3.44. The number of halogens is 2. The van der Waals surface area contributed by atoms with Crippen molar-refractivity contribution in [2.45, 2.75) is 25.3 Å². The highest BCUT2D eigenvalue weighted by atomic mass is 35.5. The normalized spacial score (nSPS) is 21.9. The SMILES string of the molecule is CC(=O)N1c2ccccc2N=C2CC(c3ccc(Cl)cc3)C=C(O)C2C1c1ccc(F)cc1. The first-order chi connectivity index (χ1) is 15.9. The van der Waals surface area contributed by atoms with Crippen molar-refractivity contribution in [3.05, 3.63) is 107 Å². The van der Waals surface area contributed by atoms with Gasteiger partial charge in [0.1, 0.15) is 11.6 Å². The molecule has 3 aromatic rings. The molecule has 1 amide bonds. The molecule has 6 heteroatoms. The summed E-state index contributed by atoms with van der Waals surface area (Å²) in [5.74, 6) is -1.02. The number of para-hydroxylation sites is 2. The summed E-state index contributed by atoms with van der Waals surface area (Å²) in [5.41, 5.74) is 3.86. The second-order valence-electron chi connectivity index (χ2n) is 8.41. The van der Waals surface area contributed by atoms with Gasteiger partial charge in [-0.1, -0.05) is 48.0 Å². The lowest BCUT2D eigenvalue weighted by molar-refractivity contribution is -0.117. The topological polar surface area (TPSA) is 52.9 Å². The molecule has 0 aromatic heterocycles. The molecular formula is C27H22ClFN2O2. The van der Waals surface area contributed by atoms with E-state index in [0.717, 1.165) is 16.8 Å². The Morgan fingerprint density at radius 1 is 1.03 bits per heavy atom. The molecule has 0 bridgehead atoms. The molecule has 2 aliphatic rings. The number of aliphatic imine (C=N–C) groups is 1. The predicted octanol–water partition coefficient (Wildman–Crippen LogP) is 6.91. The Morgan fingerprint density at radius 2 is 1.70 bits per heavy atom. The van der Waals surface area contributed by atoms with Gasteiger partial charge in [0.25, 0.3) is 0 Å². The maximum absolute atomic E-state index is 13.7. The number of aliphatic hydroxyl groups excluding tert-OH is 1. The Labute approximate surface area is 196 Å². The fourth-order valence-corrected chi connectivity index (χ4v) is 4.98. The van der Waals surface area contributed by atoms with Crippen molar-refractivity contribution < 1.29 is 14.3 Å². The third-order valence-corrected chi connectivity index (χ3v) is 6.58. The third kappa shape index (κ3) is 3.93. The van der Waals surface area contributed by atoms with Crippen LogP contribution in [0.25, 0.3) is 0 Å². The highest BCUT2D eigenvalue weighted by Crippen LogP contribution is 2.48. The lowest BCUT2D eigenvalue weighted by atomic mass is 9.76. The van der Waals surface area contributed by atoms with Gasteiger partial charge in [0, 0.05) is 23.6 Å². The molecule has 5 rings (SSSR count). The smallest absolute Gasteiger partial charge is 0.224 e. The van der Waals surface area contributed by atoms with E-state index < -0.39 is 12.0 Å². The van der Waals surface area contributed by atoms with Gasteiger partial charge >= 0.3 is 0 Å². The summed E-state index contributed by atoms with van der Waals surface area (Å²) in [5, 5.41) is 12.0. The maximum atomic E-state index is 13.7. The zero-order chi connectivity index (χ0) is 23.1. The van der Waals surface area contributed by atoms with Gasteiger partial charge in [0.15, 0.2) is 0 Å². The number of fused-ring (bicyclic) bond motifs is 2. The predicted molar refractivity (Wildman–Crippen MR) is 129 cm³/mol. The average Bonchev–Trinajstić information content (AvgIpc) is 2.94. The number of hydrogen-bond acceptors (Lipinski definition) is 3. The van der Waals surface area contributed by atoms with Crippen molar-refractivity contribution in [3.8, 4) is 0 Å². The summed E-state index contributed by atoms with van der Waals surface area (Å²) in [6.45, 7) is 1.50.